The molecular formula is C8H10N2O2. The number of carbonyl (C=O) groups excluding carboxylic acids is 2. The van der Waals surface area contributed by atoms with Crippen LogP contribution in [0.25, 0.3) is 0 Å². The van der Waals surface area contributed by atoms with Crippen LogP contribution >= 0.6 is 0 Å². The van der Waals surface area contributed by atoms with Crippen LogP contribution in [0.4, 0.5) is 0 Å². The van der Waals surface area contributed by atoms with Crippen molar-refractivity contribution in [1.29, 1.82) is 0 Å². The largest absolute Gasteiger partial charge is 0.358 e. The van der Waals surface area contributed by atoms with Crippen molar-refractivity contribution in [3.63, 3.8) is 0 Å². The molecule has 1 heterocycles. The molecule has 0 aliphatic heterocycles. The van der Waals surface area contributed by atoms with E-state index in [0.717, 1.165) is 6.29 Å². The van der Waals surface area contributed by atoms with Crippen LogP contribution in [0.1, 0.15) is 10.4 Å². The zero-order chi connectivity index (χ0) is 8.97. The van der Waals surface area contributed by atoms with E-state index < -0.39 is 0 Å². The van der Waals surface area contributed by atoms with Crippen LogP contribution in [-0.2, 0) is 11.3 Å². The SMILES string of the molecule is CNC(=O)Cn1ccc(C=O)c1. The molecule has 0 saturated carbocycles. The molecule has 0 spiro atoms. The predicted octanol–water partition coefficient (Wildman–Crippen LogP) is 0.0466. The number of aldehydes is 1. The van der Waals surface area contributed by atoms with E-state index in [9.17, 15) is 9.59 Å². The number of nitrogens with zero attached hydrogens (tertiary/aromatic N) is 1. The van der Waals surface area contributed by atoms with Crippen molar-refractivity contribution in [2.75, 3.05) is 7.05 Å². The van der Waals surface area contributed by atoms with Gasteiger partial charge in [0, 0.05) is 25.0 Å². The van der Waals surface area contributed by atoms with Crippen LogP contribution in [0, 0.1) is 0 Å². The fourth-order valence-electron chi connectivity index (χ4n) is 0.872. The maximum atomic E-state index is 10.9. The van der Waals surface area contributed by atoms with Crippen molar-refractivity contribution in [1.82, 2.24) is 9.88 Å². The molecular weight excluding hydrogens is 156 g/mol. The van der Waals surface area contributed by atoms with Crippen LogP contribution in [0.2, 0.25) is 0 Å². The third kappa shape index (κ3) is 1.95. The Kier molecular flexibility index (Phi) is 2.63. The van der Waals surface area contributed by atoms with Crippen LogP contribution in [0.5, 0.6) is 0 Å². The summed E-state index contributed by atoms with van der Waals surface area (Å²) in [5, 5.41) is 2.49. The van der Waals surface area contributed by atoms with Crippen molar-refractivity contribution in [2.24, 2.45) is 0 Å². The Balaban J connectivity index is 2.63. The molecule has 1 aromatic heterocycles. The lowest BCUT2D eigenvalue weighted by Gasteiger charge is -1.99. The van der Waals surface area contributed by atoms with Crippen LogP contribution < -0.4 is 5.32 Å². The van der Waals surface area contributed by atoms with Gasteiger partial charge in [-0.05, 0) is 6.07 Å². The number of amides is 1. The van der Waals surface area contributed by atoms with Crippen molar-refractivity contribution >= 4 is 12.2 Å². The molecule has 0 saturated heterocycles. The number of rotatable bonds is 3. The van der Waals surface area contributed by atoms with Gasteiger partial charge in [-0.25, -0.2) is 0 Å². The summed E-state index contributed by atoms with van der Waals surface area (Å²) in [6.45, 7) is 0.254. The van der Waals surface area contributed by atoms with Gasteiger partial charge >= 0.3 is 0 Å². The van der Waals surface area contributed by atoms with E-state index in [1.54, 1.807) is 30.1 Å². The van der Waals surface area contributed by atoms with E-state index in [-0.39, 0.29) is 12.5 Å². The monoisotopic (exact) mass is 166 g/mol. The Bertz CT molecular complexity index is 291. The summed E-state index contributed by atoms with van der Waals surface area (Å²) in [7, 11) is 1.58. The number of likely N-dealkylation sites (N-methyl/N-ethyl adjacent to an activating group) is 1. The molecule has 0 radical (unpaired) electrons. The Morgan fingerprint density at radius 3 is 3.00 bits per heavy atom. The first-order valence-corrected chi connectivity index (χ1v) is 3.58. The first kappa shape index (κ1) is 8.52. The number of aromatic nitrogens is 1. The highest BCUT2D eigenvalue weighted by Crippen LogP contribution is 1.96. The molecule has 64 valence electrons. The maximum Gasteiger partial charge on any atom is 0.239 e. The molecule has 1 amide bonds. The summed E-state index contributed by atoms with van der Waals surface area (Å²) in [6, 6.07) is 1.66. The number of hydrogen-bond donors (Lipinski definition) is 1. The molecule has 4 nitrogen and oxygen atoms in total. The molecule has 1 rings (SSSR count). The molecule has 12 heavy (non-hydrogen) atoms. The normalized spacial score (nSPS) is 9.42. The van der Waals surface area contributed by atoms with E-state index in [2.05, 4.69) is 5.32 Å². The van der Waals surface area contributed by atoms with Gasteiger partial charge in [0.25, 0.3) is 0 Å². The summed E-state index contributed by atoms with van der Waals surface area (Å²) in [4.78, 5) is 21.1. The number of hydrogen-bond acceptors (Lipinski definition) is 2. The fraction of sp³-hybridized carbons (Fsp3) is 0.250. The van der Waals surface area contributed by atoms with Gasteiger partial charge in [0.1, 0.15) is 6.54 Å². The van der Waals surface area contributed by atoms with Crippen LogP contribution in [0.3, 0.4) is 0 Å². The zero-order valence-electron chi connectivity index (χ0n) is 6.78. The van der Waals surface area contributed by atoms with Gasteiger partial charge in [-0.2, -0.15) is 0 Å². The fourth-order valence-corrected chi connectivity index (χ4v) is 0.872. The smallest absolute Gasteiger partial charge is 0.239 e. The molecule has 0 unspecified atom stereocenters. The van der Waals surface area contributed by atoms with Crippen molar-refractivity contribution in [2.45, 2.75) is 6.54 Å². The van der Waals surface area contributed by atoms with E-state index in [4.69, 9.17) is 0 Å². The van der Waals surface area contributed by atoms with Gasteiger partial charge < -0.3 is 9.88 Å². The standard InChI is InChI=1S/C8H10N2O2/c1-9-8(12)5-10-3-2-7(4-10)6-11/h2-4,6H,5H2,1H3,(H,9,12). The van der Waals surface area contributed by atoms with Gasteiger partial charge in [-0.3, -0.25) is 9.59 Å². The van der Waals surface area contributed by atoms with Crippen molar-refractivity contribution in [3.05, 3.63) is 24.0 Å². The third-order valence-corrected chi connectivity index (χ3v) is 1.51. The Hall–Kier alpha value is -1.58. The van der Waals surface area contributed by atoms with E-state index in [1.165, 1.54) is 0 Å². The minimum absolute atomic E-state index is 0.0805. The maximum absolute atomic E-state index is 10.9. The van der Waals surface area contributed by atoms with E-state index >= 15 is 0 Å². The van der Waals surface area contributed by atoms with Crippen molar-refractivity contribution in [3.8, 4) is 0 Å². The van der Waals surface area contributed by atoms with E-state index in [1.807, 2.05) is 0 Å². The summed E-state index contributed by atoms with van der Waals surface area (Å²) >= 11 is 0. The highest BCUT2D eigenvalue weighted by Gasteiger charge is 1.99. The van der Waals surface area contributed by atoms with Crippen molar-refractivity contribution < 1.29 is 9.59 Å². The minimum Gasteiger partial charge on any atom is -0.358 e. The van der Waals surface area contributed by atoms with Gasteiger partial charge in [0.05, 0.1) is 0 Å². The van der Waals surface area contributed by atoms with Gasteiger partial charge in [-0.15, -0.1) is 0 Å². The number of nitrogens with one attached hydrogen (secondary N) is 1. The highest BCUT2D eigenvalue weighted by molar-refractivity contribution is 5.77. The first-order chi connectivity index (χ1) is 5.76. The predicted molar refractivity (Wildman–Crippen MR) is 43.9 cm³/mol. The first-order valence-electron chi connectivity index (χ1n) is 3.58. The summed E-state index contributed by atoms with van der Waals surface area (Å²) < 4.78 is 1.66. The molecule has 0 bridgehead atoms. The second-order valence-corrected chi connectivity index (χ2v) is 2.41. The molecule has 0 aliphatic carbocycles. The second-order valence-electron chi connectivity index (χ2n) is 2.41. The van der Waals surface area contributed by atoms with Crippen LogP contribution in [-0.4, -0.2) is 23.8 Å². The average molecular weight is 166 g/mol. The third-order valence-electron chi connectivity index (χ3n) is 1.51. The lowest BCUT2D eigenvalue weighted by Crippen LogP contribution is -2.22. The molecule has 0 aliphatic rings. The summed E-state index contributed by atoms with van der Waals surface area (Å²) in [6.07, 6.45) is 4.07. The Morgan fingerprint density at radius 1 is 1.75 bits per heavy atom. The summed E-state index contributed by atoms with van der Waals surface area (Å²) in [5.74, 6) is -0.0805. The second kappa shape index (κ2) is 3.71. The van der Waals surface area contributed by atoms with E-state index in [0.29, 0.717) is 5.56 Å². The van der Waals surface area contributed by atoms with Gasteiger partial charge in [0.2, 0.25) is 5.91 Å². The van der Waals surface area contributed by atoms with Crippen LogP contribution in [0.15, 0.2) is 18.5 Å². The molecule has 0 aromatic carbocycles. The zero-order valence-corrected chi connectivity index (χ0v) is 6.78. The lowest BCUT2D eigenvalue weighted by atomic mass is 10.4. The van der Waals surface area contributed by atoms with Gasteiger partial charge in [0.15, 0.2) is 6.29 Å². The molecule has 1 aromatic rings. The Morgan fingerprint density at radius 2 is 2.50 bits per heavy atom. The summed E-state index contributed by atoms with van der Waals surface area (Å²) in [5.41, 5.74) is 0.582. The molecule has 0 fully saturated rings. The molecule has 1 N–H and O–H groups in total. The quantitative estimate of drug-likeness (QED) is 0.645. The molecule has 4 heteroatoms. The average Bonchev–Trinajstić information content (AvgIpc) is 2.52. The topological polar surface area (TPSA) is 51.1 Å². The minimum atomic E-state index is -0.0805. The Labute approximate surface area is 70.2 Å². The number of carbonyl (C=O) groups is 2. The molecule has 0 atom stereocenters. The van der Waals surface area contributed by atoms with Gasteiger partial charge in [-0.1, -0.05) is 0 Å². The lowest BCUT2D eigenvalue weighted by molar-refractivity contribution is -0.121. The highest BCUT2D eigenvalue weighted by atomic mass is 16.1.